The first kappa shape index (κ1) is 17.6. The lowest BCUT2D eigenvalue weighted by Gasteiger charge is -2.17. The van der Waals surface area contributed by atoms with Crippen molar-refractivity contribution in [2.24, 2.45) is 0 Å². The van der Waals surface area contributed by atoms with Crippen LogP contribution in [0.4, 0.5) is 5.82 Å². The van der Waals surface area contributed by atoms with Gasteiger partial charge in [-0.3, -0.25) is 4.79 Å². The van der Waals surface area contributed by atoms with E-state index in [4.69, 9.17) is 0 Å². The standard InChI is InChI=1S/C21H22N4O/c1-16(18-11-7-4-8-12-18)22-20-14-13-19(23-24-20)21(26)25(2)15-17-9-5-3-6-10-17/h3-14,16H,15H2,1-2H3,(H,22,24). The quantitative estimate of drug-likeness (QED) is 0.735. The van der Waals surface area contributed by atoms with E-state index in [1.807, 2.05) is 48.5 Å². The van der Waals surface area contributed by atoms with Crippen LogP contribution < -0.4 is 5.32 Å². The van der Waals surface area contributed by atoms with Crippen molar-refractivity contribution in [2.45, 2.75) is 19.5 Å². The first-order chi connectivity index (χ1) is 12.6. The third-order valence-corrected chi connectivity index (χ3v) is 4.16. The van der Waals surface area contributed by atoms with Gasteiger partial charge in [0.2, 0.25) is 0 Å². The molecule has 5 nitrogen and oxygen atoms in total. The number of rotatable bonds is 6. The summed E-state index contributed by atoms with van der Waals surface area (Å²) in [4.78, 5) is 14.1. The third kappa shape index (κ3) is 4.45. The van der Waals surface area contributed by atoms with E-state index in [1.54, 1.807) is 24.1 Å². The molecule has 0 fully saturated rings. The molecule has 0 saturated heterocycles. The fourth-order valence-corrected chi connectivity index (χ4v) is 2.69. The number of nitrogens with one attached hydrogen (secondary N) is 1. The van der Waals surface area contributed by atoms with Crippen molar-refractivity contribution in [3.63, 3.8) is 0 Å². The number of benzene rings is 2. The summed E-state index contributed by atoms with van der Waals surface area (Å²) in [7, 11) is 1.76. The number of nitrogens with zero attached hydrogens (tertiary/aromatic N) is 3. The summed E-state index contributed by atoms with van der Waals surface area (Å²) in [5.74, 6) is 0.493. The second-order valence-electron chi connectivity index (χ2n) is 6.23. The molecule has 0 aliphatic carbocycles. The average Bonchev–Trinajstić information content (AvgIpc) is 2.69. The van der Waals surface area contributed by atoms with E-state index in [0.29, 0.717) is 18.1 Å². The molecule has 1 atom stereocenters. The van der Waals surface area contributed by atoms with Gasteiger partial charge in [0.05, 0.1) is 0 Å². The molecule has 5 heteroatoms. The number of hydrogen-bond acceptors (Lipinski definition) is 4. The molecular weight excluding hydrogens is 324 g/mol. The Hall–Kier alpha value is -3.21. The Morgan fingerprint density at radius 1 is 0.962 bits per heavy atom. The van der Waals surface area contributed by atoms with Gasteiger partial charge in [0.15, 0.2) is 5.69 Å². The van der Waals surface area contributed by atoms with E-state index in [-0.39, 0.29) is 11.9 Å². The van der Waals surface area contributed by atoms with Gasteiger partial charge in [-0.05, 0) is 30.2 Å². The number of amides is 1. The molecule has 3 aromatic rings. The van der Waals surface area contributed by atoms with Crippen molar-refractivity contribution in [3.8, 4) is 0 Å². The predicted molar refractivity (Wildman–Crippen MR) is 103 cm³/mol. The average molecular weight is 346 g/mol. The van der Waals surface area contributed by atoms with Crippen molar-refractivity contribution in [1.29, 1.82) is 0 Å². The van der Waals surface area contributed by atoms with Gasteiger partial charge in [-0.2, -0.15) is 0 Å². The van der Waals surface area contributed by atoms with E-state index in [2.05, 4.69) is 34.6 Å². The SMILES string of the molecule is CC(Nc1ccc(C(=O)N(C)Cc2ccccc2)nn1)c1ccccc1. The van der Waals surface area contributed by atoms with Crippen LogP contribution in [0, 0.1) is 0 Å². The first-order valence-corrected chi connectivity index (χ1v) is 8.58. The first-order valence-electron chi connectivity index (χ1n) is 8.58. The molecule has 0 bridgehead atoms. The van der Waals surface area contributed by atoms with Gasteiger partial charge < -0.3 is 10.2 Å². The highest BCUT2D eigenvalue weighted by atomic mass is 16.2. The van der Waals surface area contributed by atoms with Crippen molar-refractivity contribution >= 4 is 11.7 Å². The normalized spacial score (nSPS) is 11.6. The molecule has 2 aromatic carbocycles. The number of anilines is 1. The molecule has 0 saturated carbocycles. The van der Waals surface area contributed by atoms with Crippen LogP contribution in [0.1, 0.15) is 34.6 Å². The Labute approximate surface area is 153 Å². The van der Waals surface area contributed by atoms with Gasteiger partial charge in [-0.25, -0.2) is 0 Å². The van der Waals surface area contributed by atoms with E-state index in [9.17, 15) is 4.79 Å². The van der Waals surface area contributed by atoms with Crippen molar-refractivity contribution in [1.82, 2.24) is 15.1 Å². The van der Waals surface area contributed by atoms with Crippen LogP contribution in [0.5, 0.6) is 0 Å². The second-order valence-corrected chi connectivity index (χ2v) is 6.23. The van der Waals surface area contributed by atoms with Gasteiger partial charge >= 0.3 is 0 Å². The van der Waals surface area contributed by atoms with Gasteiger partial charge in [0.25, 0.3) is 5.91 Å². The lowest BCUT2D eigenvalue weighted by atomic mass is 10.1. The van der Waals surface area contributed by atoms with E-state index in [1.165, 1.54) is 0 Å². The molecular formula is C21H22N4O. The number of aromatic nitrogens is 2. The monoisotopic (exact) mass is 346 g/mol. The Bertz CT molecular complexity index is 835. The highest BCUT2D eigenvalue weighted by Crippen LogP contribution is 2.17. The molecule has 26 heavy (non-hydrogen) atoms. The Kier molecular flexibility index (Phi) is 5.59. The lowest BCUT2D eigenvalue weighted by molar-refractivity contribution is 0.0778. The van der Waals surface area contributed by atoms with Gasteiger partial charge in [-0.15, -0.1) is 10.2 Å². The Balaban J connectivity index is 1.62. The fraction of sp³-hybridized carbons (Fsp3) is 0.190. The number of carbonyl (C=O) groups is 1. The minimum absolute atomic E-state index is 0.104. The molecule has 3 rings (SSSR count). The van der Waals surface area contributed by atoms with Crippen LogP contribution in [0.2, 0.25) is 0 Å². The van der Waals surface area contributed by atoms with Gasteiger partial charge in [0.1, 0.15) is 5.82 Å². The maximum Gasteiger partial charge on any atom is 0.274 e. The van der Waals surface area contributed by atoms with Crippen LogP contribution in [-0.2, 0) is 6.54 Å². The van der Waals surface area contributed by atoms with E-state index in [0.717, 1.165) is 11.1 Å². The van der Waals surface area contributed by atoms with Gasteiger partial charge in [-0.1, -0.05) is 60.7 Å². The molecule has 0 aliphatic rings. The third-order valence-electron chi connectivity index (χ3n) is 4.16. The summed E-state index contributed by atoms with van der Waals surface area (Å²) in [5, 5.41) is 11.5. The van der Waals surface area contributed by atoms with Crippen molar-refractivity contribution < 1.29 is 4.79 Å². The maximum absolute atomic E-state index is 12.5. The van der Waals surface area contributed by atoms with Crippen molar-refractivity contribution in [2.75, 3.05) is 12.4 Å². The lowest BCUT2D eigenvalue weighted by Crippen LogP contribution is -2.27. The Morgan fingerprint density at radius 3 is 2.23 bits per heavy atom. The van der Waals surface area contributed by atoms with Gasteiger partial charge in [0, 0.05) is 19.6 Å². The van der Waals surface area contributed by atoms with E-state index >= 15 is 0 Å². The van der Waals surface area contributed by atoms with Crippen LogP contribution in [-0.4, -0.2) is 28.1 Å². The van der Waals surface area contributed by atoms with Crippen LogP contribution in [0.15, 0.2) is 72.8 Å². The zero-order valence-corrected chi connectivity index (χ0v) is 15.0. The van der Waals surface area contributed by atoms with Crippen LogP contribution in [0.3, 0.4) is 0 Å². The molecule has 0 radical (unpaired) electrons. The molecule has 1 N–H and O–H groups in total. The summed E-state index contributed by atoms with van der Waals surface area (Å²) >= 11 is 0. The summed E-state index contributed by atoms with van der Waals surface area (Å²) < 4.78 is 0. The smallest absolute Gasteiger partial charge is 0.274 e. The molecule has 1 aromatic heterocycles. The minimum Gasteiger partial charge on any atom is -0.362 e. The zero-order valence-electron chi connectivity index (χ0n) is 15.0. The van der Waals surface area contributed by atoms with Crippen molar-refractivity contribution in [3.05, 3.63) is 89.6 Å². The maximum atomic E-state index is 12.5. The highest BCUT2D eigenvalue weighted by Gasteiger charge is 2.14. The largest absolute Gasteiger partial charge is 0.362 e. The molecule has 132 valence electrons. The molecule has 1 heterocycles. The predicted octanol–water partition coefficient (Wildman–Crippen LogP) is 3.92. The van der Waals surface area contributed by atoms with E-state index < -0.39 is 0 Å². The number of hydrogen-bond donors (Lipinski definition) is 1. The molecule has 0 spiro atoms. The summed E-state index contributed by atoms with van der Waals surface area (Å²) in [6.45, 7) is 2.59. The van der Waals surface area contributed by atoms with Crippen LogP contribution >= 0.6 is 0 Å². The topological polar surface area (TPSA) is 58.1 Å². The summed E-state index contributed by atoms with van der Waals surface area (Å²) in [5.41, 5.74) is 2.57. The molecule has 1 unspecified atom stereocenters. The highest BCUT2D eigenvalue weighted by molar-refractivity contribution is 5.92. The minimum atomic E-state index is -0.149. The second kappa shape index (κ2) is 8.25. The zero-order chi connectivity index (χ0) is 18.4. The summed E-state index contributed by atoms with van der Waals surface area (Å²) in [6.07, 6.45) is 0. The summed E-state index contributed by atoms with van der Waals surface area (Å²) in [6, 6.07) is 23.6. The molecule has 0 aliphatic heterocycles. The van der Waals surface area contributed by atoms with Crippen LogP contribution in [0.25, 0.3) is 0 Å². The fourth-order valence-electron chi connectivity index (χ4n) is 2.69. The Morgan fingerprint density at radius 2 is 1.62 bits per heavy atom. The molecule has 1 amide bonds. The number of carbonyl (C=O) groups excluding carboxylic acids is 1.